The van der Waals surface area contributed by atoms with E-state index in [9.17, 15) is 9.90 Å². The van der Waals surface area contributed by atoms with Crippen LogP contribution >= 0.6 is 0 Å². The highest BCUT2D eigenvalue weighted by Crippen LogP contribution is 2.28. The summed E-state index contributed by atoms with van der Waals surface area (Å²) in [6, 6.07) is 17.3. The summed E-state index contributed by atoms with van der Waals surface area (Å²) in [6.07, 6.45) is 0. The molecule has 0 fully saturated rings. The maximum Gasteiger partial charge on any atom is 0.258 e. The second kappa shape index (κ2) is 6.21. The van der Waals surface area contributed by atoms with E-state index in [1.54, 1.807) is 30.3 Å². The second-order valence-corrected chi connectivity index (χ2v) is 5.74. The van der Waals surface area contributed by atoms with Crippen molar-refractivity contribution in [3.63, 3.8) is 0 Å². The van der Waals surface area contributed by atoms with Gasteiger partial charge in [-0.3, -0.25) is 10.1 Å². The predicted molar refractivity (Wildman–Crippen MR) is 99.8 cm³/mol. The Bertz CT molecular complexity index is 1090. The number of hydrogen-bond donors (Lipinski definition) is 4. The van der Waals surface area contributed by atoms with Crippen LogP contribution in [-0.4, -0.2) is 26.0 Å². The molecule has 4 rings (SSSR count). The number of rotatable bonds is 3. The van der Waals surface area contributed by atoms with Crippen molar-refractivity contribution in [1.29, 1.82) is 0 Å². The monoisotopic (exact) mass is 345 g/mol. The lowest BCUT2D eigenvalue weighted by molar-refractivity contribution is 0.102. The Kier molecular flexibility index (Phi) is 3.74. The number of phenolic OH excluding ortho intramolecular Hbond substituents is 1. The number of benzene rings is 2. The molecule has 7 nitrogen and oxygen atoms in total. The molecule has 0 aliphatic heterocycles. The minimum Gasteiger partial charge on any atom is -0.507 e. The molecule has 2 heterocycles. The van der Waals surface area contributed by atoms with Crippen molar-refractivity contribution in [2.45, 2.75) is 0 Å². The summed E-state index contributed by atoms with van der Waals surface area (Å²) in [6.45, 7) is 0. The molecule has 26 heavy (non-hydrogen) atoms. The Hall–Kier alpha value is -3.87. The van der Waals surface area contributed by atoms with E-state index < -0.39 is 0 Å². The Balaban J connectivity index is 1.66. The normalized spacial score (nSPS) is 10.8. The van der Waals surface area contributed by atoms with E-state index >= 15 is 0 Å². The predicted octanol–water partition coefficient (Wildman–Crippen LogP) is 3.17. The molecule has 0 unspecified atom stereocenters. The number of phenols is 1. The number of nitrogens with zero attached hydrogens (tertiary/aromatic N) is 2. The Morgan fingerprint density at radius 1 is 1.04 bits per heavy atom. The van der Waals surface area contributed by atoms with Crippen molar-refractivity contribution in [2.24, 2.45) is 0 Å². The average Bonchev–Trinajstić information content (AvgIpc) is 3.03. The molecule has 0 spiro atoms. The Labute approximate surface area is 148 Å². The van der Waals surface area contributed by atoms with Gasteiger partial charge in [0.05, 0.1) is 16.7 Å². The van der Waals surface area contributed by atoms with Crippen LogP contribution in [0.5, 0.6) is 5.75 Å². The lowest BCUT2D eigenvalue weighted by Gasteiger charge is -2.08. The zero-order chi connectivity index (χ0) is 18.1. The number of nitrogens with two attached hydrogens (primary N) is 1. The first-order valence-electron chi connectivity index (χ1n) is 7.92. The van der Waals surface area contributed by atoms with Gasteiger partial charge in [-0.2, -0.15) is 0 Å². The summed E-state index contributed by atoms with van der Waals surface area (Å²) >= 11 is 0. The van der Waals surface area contributed by atoms with E-state index in [2.05, 4.69) is 20.3 Å². The van der Waals surface area contributed by atoms with Gasteiger partial charge in [0.1, 0.15) is 11.6 Å². The number of aromatic nitrogens is 3. The lowest BCUT2D eigenvalue weighted by atomic mass is 10.1. The summed E-state index contributed by atoms with van der Waals surface area (Å²) in [5.74, 6) is 0.209. The first-order chi connectivity index (χ1) is 12.6. The first-order valence-corrected chi connectivity index (χ1v) is 7.92. The molecule has 7 heteroatoms. The number of H-pyrrole nitrogens is 1. The van der Waals surface area contributed by atoms with Crippen LogP contribution in [0.2, 0.25) is 0 Å². The van der Waals surface area contributed by atoms with Crippen LogP contribution in [0.15, 0.2) is 60.7 Å². The minimum atomic E-state index is -0.380. The molecular formula is C19H15N5O2. The Morgan fingerprint density at radius 2 is 1.81 bits per heavy atom. The fourth-order valence-corrected chi connectivity index (χ4v) is 2.70. The molecular weight excluding hydrogens is 330 g/mol. The smallest absolute Gasteiger partial charge is 0.258 e. The number of carbonyl (C=O) groups is 1. The minimum absolute atomic E-state index is 0.0641. The van der Waals surface area contributed by atoms with Crippen LogP contribution < -0.4 is 11.1 Å². The second-order valence-electron chi connectivity index (χ2n) is 5.74. The number of carbonyl (C=O) groups excluding carboxylic acids is 1. The molecule has 2 aromatic heterocycles. The molecule has 1 amide bonds. The summed E-state index contributed by atoms with van der Waals surface area (Å²) in [5.41, 5.74) is 8.65. The van der Waals surface area contributed by atoms with Crippen LogP contribution in [0.25, 0.3) is 22.3 Å². The number of fused-ring (bicyclic) bond motifs is 1. The molecule has 5 N–H and O–H groups in total. The maximum absolute atomic E-state index is 12.6. The van der Waals surface area contributed by atoms with Crippen LogP contribution in [0.1, 0.15) is 10.4 Å². The number of anilines is 2. The standard InChI is InChI=1S/C19H15N5O2/c20-17-10-11(9-15(21-17)12-5-1-4-8-16(12)25)18(26)24-19-22-13-6-2-3-7-14(13)23-19/h1-10,25H,(H2,20,21)(H2,22,23,24,26). The van der Waals surface area contributed by atoms with Crippen LogP contribution in [0.3, 0.4) is 0 Å². The van der Waals surface area contributed by atoms with Gasteiger partial charge in [0.2, 0.25) is 5.95 Å². The van der Waals surface area contributed by atoms with Gasteiger partial charge >= 0.3 is 0 Å². The number of hydrogen-bond acceptors (Lipinski definition) is 5. The number of aromatic hydroxyl groups is 1. The average molecular weight is 345 g/mol. The van der Waals surface area contributed by atoms with E-state index in [0.717, 1.165) is 11.0 Å². The topological polar surface area (TPSA) is 117 Å². The molecule has 0 bridgehead atoms. The molecule has 0 radical (unpaired) electrons. The number of amides is 1. The van der Waals surface area contributed by atoms with E-state index in [-0.39, 0.29) is 17.5 Å². The highest BCUT2D eigenvalue weighted by Gasteiger charge is 2.14. The molecule has 4 aromatic rings. The maximum atomic E-state index is 12.6. The van der Waals surface area contributed by atoms with Crippen molar-refractivity contribution in [3.05, 3.63) is 66.2 Å². The summed E-state index contributed by atoms with van der Waals surface area (Å²) in [7, 11) is 0. The van der Waals surface area contributed by atoms with Crippen LogP contribution in [-0.2, 0) is 0 Å². The van der Waals surface area contributed by atoms with Crippen molar-refractivity contribution in [1.82, 2.24) is 15.0 Å². The van der Waals surface area contributed by atoms with Gasteiger partial charge < -0.3 is 15.8 Å². The Morgan fingerprint density at radius 3 is 2.62 bits per heavy atom. The van der Waals surface area contributed by atoms with E-state index in [4.69, 9.17) is 5.73 Å². The van der Waals surface area contributed by atoms with Crippen molar-refractivity contribution >= 4 is 28.7 Å². The van der Waals surface area contributed by atoms with Crippen molar-refractivity contribution in [2.75, 3.05) is 11.1 Å². The van der Waals surface area contributed by atoms with Gasteiger partial charge in [-0.25, -0.2) is 9.97 Å². The third-order valence-corrected chi connectivity index (χ3v) is 3.91. The van der Waals surface area contributed by atoms with Crippen LogP contribution in [0.4, 0.5) is 11.8 Å². The van der Waals surface area contributed by atoms with Gasteiger partial charge in [-0.05, 0) is 36.4 Å². The number of para-hydroxylation sites is 3. The van der Waals surface area contributed by atoms with Gasteiger partial charge in [0, 0.05) is 11.1 Å². The zero-order valence-corrected chi connectivity index (χ0v) is 13.6. The highest BCUT2D eigenvalue weighted by atomic mass is 16.3. The number of aromatic amines is 1. The SMILES string of the molecule is Nc1cc(C(=O)Nc2nc3ccccc3[nH]2)cc(-c2ccccc2O)n1. The molecule has 0 atom stereocenters. The molecule has 128 valence electrons. The first kappa shape index (κ1) is 15.6. The van der Waals surface area contributed by atoms with Gasteiger partial charge in [0.25, 0.3) is 5.91 Å². The molecule has 0 aliphatic carbocycles. The lowest BCUT2D eigenvalue weighted by Crippen LogP contribution is -2.14. The van der Waals surface area contributed by atoms with Crippen molar-refractivity contribution in [3.8, 4) is 17.0 Å². The van der Waals surface area contributed by atoms with Gasteiger partial charge in [-0.15, -0.1) is 0 Å². The summed E-state index contributed by atoms with van der Waals surface area (Å²) < 4.78 is 0. The van der Waals surface area contributed by atoms with E-state index in [1.165, 1.54) is 6.07 Å². The molecule has 0 saturated heterocycles. The molecule has 0 aliphatic rings. The van der Waals surface area contributed by atoms with E-state index in [1.807, 2.05) is 24.3 Å². The number of nitrogens with one attached hydrogen (secondary N) is 2. The number of pyridine rings is 1. The third kappa shape index (κ3) is 2.93. The largest absolute Gasteiger partial charge is 0.507 e. The summed E-state index contributed by atoms with van der Waals surface area (Å²) in [4.78, 5) is 24.2. The fraction of sp³-hybridized carbons (Fsp3) is 0. The quantitative estimate of drug-likeness (QED) is 0.455. The molecule has 0 saturated carbocycles. The van der Waals surface area contributed by atoms with Gasteiger partial charge in [0.15, 0.2) is 0 Å². The number of imidazole rings is 1. The fourth-order valence-electron chi connectivity index (χ4n) is 2.70. The third-order valence-electron chi connectivity index (χ3n) is 3.91. The van der Waals surface area contributed by atoms with E-state index in [0.29, 0.717) is 22.8 Å². The van der Waals surface area contributed by atoms with Crippen molar-refractivity contribution < 1.29 is 9.90 Å². The zero-order valence-electron chi connectivity index (χ0n) is 13.6. The highest BCUT2D eigenvalue weighted by molar-refractivity contribution is 6.05. The molecule has 2 aromatic carbocycles. The van der Waals surface area contributed by atoms with Crippen LogP contribution in [0, 0.1) is 0 Å². The number of nitrogen functional groups attached to an aromatic ring is 1. The van der Waals surface area contributed by atoms with Gasteiger partial charge in [-0.1, -0.05) is 24.3 Å². The summed E-state index contributed by atoms with van der Waals surface area (Å²) in [5, 5.41) is 12.7.